The van der Waals surface area contributed by atoms with Crippen LogP contribution in [0.5, 0.6) is 0 Å². The van der Waals surface area contributed by atoms with E-state index in [-0.39, 0.29) is 23.0 Å². The molecule has 0 radical (unpaired) electrons. The highest BCUT2D eigenvalue weighted by Gasteiger charge is 2.38. The van der Waals surface area contributed by atoms with Crippen LogP contribution in [-0.2, 0) is 9.53 Å². The van der Waals surface area contributed by atoms with Crippen molar-refractivity contribution in [3.63, 3.8) is 0 Å². The number of anilines is 1. The van der Waals surface area contributed by atoms with Crippen LogP contribution >= 0.6 is 27.3 Å². The van der Waals surface area contributed by atoms with Gasteiger partial charge in [-0.25, -0.2) is 4.79 Å². The van der Waals surface area contributed by atoms with E-state index in [0.29, 0.717) is 5.56 Å². The molecule has 1 aliphatic rings. The van der Waals surface area contributed by atoms with Crippen molar-refractivity contribution in [3.05, 3.63) is 68.0 Å². The van der Waals surface area contributed by atoms with Crippen molar-refractivity contribution in [1.29, 1.82) is 0 Å². The van der Waals surface area contributed by atoms with E-state index < -0.39 is 12.0 Å². The summed E-state index contributed by atoms with van der Waals surface area (Å²) in [6.07, 6.45) is 0. The number of rotatable bonds is 4. The minimum absolute atomic E-state index is 0.0334. The van der Waals surface area contributed by atoms with Crippen molar-refractivity contribution < 1.29 is 14.3 Å². The van der Waals surface area contributed by atoms with Crippen LogP contribution in [0, 0.1) is 0 Å². The molecule has 10 heteroatoms. The van der Waals surface area contributed by atoms with Crippen LogP contribution in [0.1, 0.15) is 21.3 Å². The molecule has 3 aromatic rings. The number of fused-ring (bicyclic) bond motifs is 1. The van der Waals surface area contributed by atoms with E-state index in [0.717, 1.165) is 9.35 Å². The van der Waals surface area contributed by atoms with E-state index in [1.807, 2.05) is 17.5 Å². The van der Waals surface area contributed by atoms with Crippen molar-refractivity contribution >= 4 is 45.0 Å². The summed E-state index contributed by atoms with van der Waals surface area (Å²) >= 11 is 4.80. The minimum atomic E-state index is -0.661. The van der Waals surface area contributed by atoms with E-state index in [2.05, 4.69) is 36.8 Å². The van der Waals surface area contributed by atoms with Gasteiger partial charge in [0.1, 0.15) is 11.7 Å². The number of esters is 1. The molecular formula is C17H12BrN5O3S. The fraction of sp³-hybridized carbons (Fsp3) is 0.118. The molecule has 4 rings (SSSR count). The number of carbonyl (C=O) groups excluding carboxylic acids is 2. The quantitative estimate of drug-likeness (QED) is 0.486. The number of methoxy groups -OCH3 is 1. The maximum atomic E-state index is 13.4. The predicted octanol–water partition coefficient (Wildman–Crippen LogP) is 2.82. The lowest BCUT2D eigenvalue weighted by atomic mass is 9.93. The highest BCUT2D eigenvalue weighted by atomic mass is 79.9. The van der Waals surface area contributed by atoms with Crippen molar-refractivity contribution in [3.8, 4) is 0 Å². The van der Waals surface area contributed by atoms with Gasteiger partial charge in [-0.3, -0.25) is 4.79 Å². The molecule has 1 atom stereocenters. The second kappa shape index (κ2) is 7.05. The van der Waals surface area contributed by atoms with Gasteiger partial charge in [-0.1, -0.05) is 27.1 Å². The molecule has 0 spiro atoms. The molecule has 8 nitrogen and oxygen atoms in total. The van der Waals surface area contributed by atoms with Crippen molar-refractivity contribution in [2.45, 2.75) is 6.04 Å². The molecule has 0 amide bonds. The number of benzene rings is 1. The molecule has 3 heterocycles. The first-order chi connectivity index (χ1) is 13.1. The van der Waals surface area contributed by atoms with Gasteiger partial charge in [0.25, 0.3) is 0 Å². The number of nitrogens with one attached hydrogen (secondary N) is 1. The maximum absolute atomic E-state index is 13.4. The highest BCUT2D eigenvalue weighted by molar-refractivity contribution is 9.10. The van der Waals surface area contributed by atoms with Crippen LogP contribution in [0.25, 0.3) is 0 Å². The van der Waals surface area contributed by atoms with Crippen LogP contribution in [0.15, 0.2) is 57.5 Å². The summed E-state index contributed by atoms with van der Waals surface area (Å²) < 4.78 is 7.23. The largest absolute Gasteiger partial charge is 0.464 e. The Labute approximate surface area is 166 Å². The van der Waals surface area contributed by atoms with Crippen LogP contribution in [0.4, 0.5) is 5.95 Å². The Balaban J connectivity index is 1.93. The number of Topliss-reactive ketones (excluding diaryl/α,β-unsaturated/α-hetero) is 1. The van der Waals surface area contributed by atoms with Gasteiger partial charge in [-0.2, -0.15) is 4.68 Å². The van der Waals surface area contributed by atoms with Gasteiger partial charge < -0.3 is 10.1 Å². The predicted molar refractivity (Wildman–Crippen MR) is 101 cm³/mol. The van der Waals surface area contributed by atoms with Crippen LogP contribution in [0.2, 0.25) is 0 Å². The number of ketones is 1. The molecule has 0 saturated heterocycles. The Morgan fingerprint density at radius 2 is 2.04 bits per heavy atom. The third-order valence-electron chi connectivity index (χ3n) is 4.07. The number of allylic oxidation sites excluding steroid dienone is 1. The van der Waals surface area contributed by atoms with Gasteiger partial charge in [0.2, 0.25) is 5.95 Å². The summed E-state index contributed by atoms with van der Waals surface area (Å²) in [6, 6.07) is 10.0. The number of tetrazole rings is 1. The van der Waals surface area contributed by atoms with Crippen molar-refractivity contribution in [1.82, 2.24) is 20.2 Å². The van der Waals surface area contributed by atoms with Crippen molar-refractivity contribution in [2.24, 2.45) is 0 Å². The lowest BCUT2D eigenvalue weighted by Crippen LogP contribution is -2.32. The lowest BCUT2D eigenvalue weighted by Gasteiger charge is -2.27. The molecule has 136 valence electrons. The monoisotopic (exact) mass is 445 g/mol. The Morgan fingerprint density at radius 3 is 2.70 bits per heavy atom. The van der Waals surface area contributed by atoms with Gasteiger partial charge in [0.05, 0.1) is 12.7 Å². The highest BCUT2D eigenvalue weighted by Crippen LogP contribution is 2.38. The van der Waals surface area contributed by atoms with E-state index in [9.17, 15) is 9.59 Å². The van der Waals surface area contributed by atoms with E-state index in [4.69, 9.17) is 4.74 Å². The van der Waals surface area contributed by atoms with Gasteiger partial charge in [0, 0.05) is 14.9 Å². The Morgan fingerprint density at radius 1 is 1.26 bits per heavy atom. The molecule has 0 fully saturated rings. The molecule has 1 N–H and O–H groups in total. The molecular weight excluding hydrogens is 434 g/mol. The first-order valence-electron chi connectivity index (χ1n) is 7.81. The van der Waals surface area contributed by atoms with Gasteiger partial charge in [-0.15, -0.1) is 11.3 Å². The summed E-state index contributed by atoms with van der Waals surface area (Å²) in [5, 5.41) is 16.3. The van der Waals surface area contributed by atoms with Gasteiger partial charge in [0.15, 0.2) is 5.78 Å². The lowest BCUT2D eigenvalue weighted by molar-refractivity contribution is -0.136. The number of carbonyl (C=O) groups is 2. The fourth-order valence-corrected chi connectivity index (χ4v) is 3.94. The molecule has 0 bridgehead atoms. The number of halogens is 1. The third kappa shape index (κ3) is 3.06. The first kappa shape index (κ1) is 17.6. The average Bonchev–Trinajstić information content (AvgIpc) is 3.37. The number of ether oxygens (including phenoxy) is 1. The smallest absolute Gasteiger partial charge is 0.355 e. The molecule has 27 heavy (non-hydrogen) atoms. The standard InChI is InChI=1S/C17H12BrN5O3S/c1-26-16(25)13-12(15(24)9-4-6-10(18)7-5-9)14(11-3-2-8-27-11)23-17(19-13)20-21-22-23/h2-8,14H,1H3,(H,19,20,22)/t14-/m1/s1. The number of hydrogen-bond donors (Lipinski definition) is 1. The zero-order valence-corrected chi connectivity index (χ0v) is 16.3. The second-order valence-corrected chi connectivity index (χ2v) is 7.50. The van der Waals surface area contributed by atoms with Crippen LogP contribution < -0.4 is 5.32 Å². The number of thiophene rings is 1. The topological polar surface area (TPSA) is 99.0 Å². The van der Waals surface area contributed by atoms with E-state index in [1.165, 1.54) is 23.1 Å². The second-order valence-electron chi connectivity index (χ2n) is 5.61. The van der Waals surface area contributed by atoms with E-state index in [1.54, 1.807) is 24.3 Å². The van der Waals surface area contributed by atoms with E-state index >= 15 is 0 Å². The molecule has 0 unspecified atom stereocenters. The average molecular weight is 446 g/mol. The van der Waals surface area contributed by atoms with Crippen LogP contribution in [-0.4, -0.2) is 39.1 Å². The zero-order chi connectivity index (χ0) is 19.0. The third-order valence-corrected chi connectivity index (χ3v) is 5.52. The maximum Gasteiger partial charge on any atom is 0.355 e. The number of hydrogen-bond acceptors (Lipinski definition) is 8. The zero-order valence-electron chi connectivity index (χ0n) is 13.9. The minimum Gasteiger partial charge on any atom is -0.464 e. The number of nitrogens with zero attached hydrogens (tertiary/aromatic N) is 4. The summed E-state index contributed by atoms with van der Waals surface area (Å²) in [7, 11) is 1.26. The Hall–Kier alpha value is -2.85. The molecule has 0 aliphatic carbocycles. The summed E-state index contributed by atoms with van der Waals surface area (Å²) in [4.78, 5) is 26.6. The summed E-state index contributed by atoms with van der Waals surface area (Å²) in [6.45, 7) is 0. The fourth-order valence-electron chi connectivity index (χ4n) is 2.86. The molecule has 1 aliphatic heterocycles. The van der Waals surface area contributed by atoms with Crippen molar-refractivity contribution in [2.75, 3.05) is 12.4 Å². The molecule has 2 aromatic heterocycles. The first-order valence-corrected chi connectivity index (χ1v) is 9.48. The molecule has 1 aromatic carbocycles. The Bertz CT molecular complexity index is 1040. The van der Waals surface area contributed by atoms with Gasteiger partial charge >= 0.3 is 5.97 Å². The normalized spacial score (nSPS) is 15.9. The van der Waals surface area contributed by atoms with Gasteiger partial charge in [-0.05, 0) is 46.1 Å². The number of aromatic nitrogens is 4. The Kier molecular flexibility index (Phi) is 4.58. The van der Waals surface area contributed by atoms with Crippen LogP contribution in [0.3, 0.4) is 0 Å². The summed E-state index contributed by atoms with van der Waals surface area (Å²) in [5.41, 5.74) is 0.701. The SMILES string of the molecule is COC(=O)C1=C(C(=O)c2ccc(Br)cc2)[C@@H](c2cccs2)n2nnnc2N1. The molecule has 0 saturated carbocycles. The summed E-state index contributed by atoms with van der Waals surface area (Å²) in [5.74, 6) is -0.706.